The summed E-state index contributed by atoms with van der Waals surface area (Å²) in [7, 11) is 3.35. The van der Waals surface area contributed by atoms with Crippen LogP contribution in [0.5, 0.6) is 0 Å². The summed E-state index contributed by atoms with van der Waals surface area (Å²) in [5.74, 6) is 1.15. The Labute approximate surface area is 286 Å². The highest BCUT2D eigenvalue weighted by Crippen LogP contribution is 2.31. The van der Waals surface area contributed by atoms with Crippen LogP contribution in [0.15, 0.2) is 59.7 Å². The molecule has 0 bridgehead atoms. The Bertz CT molecular complexity index is 1800. The standard InChI is InChI=1S/C37H48N8O2S/c1-42-17-6-7-27(25-42)21-26-9-12-30(13-10-26)40-37-39-24-29-22-32(33-14-11-28(23-38-33)34-8-4-5-18-43(34)2)36(46)45(35(29)41-37)31-15-19-44(20-16-31)48(3)47/h9-14,22-24,27,31,34H,4-8,15-21,25H2,1-3H3,(H,39,40,41). The second-order valence-corrected chi connectivity index (χ2v) is 15.4. The topological polar surface area (TPSA) is 99.5 Å². The lowest BCUT2D eigenvalue weighted by atomic mass is 9.91. The number of hydrogen-bond acceptors (Lipinski definition) is 8. The molecule has 0 radical (unpaired) electrons. The Morgan fingerprint density at radius 3 is 2.42 bits per heavy atom. The van der Waals surface area contributed by atoms with E-state index in [-0.39, 0.29) is 11.6 Å². The van der Waals surface area contributed by atoms with Gasteiger partial charge in [-0.25, -0.2) is 13.5 Å². The first-order chi connectivity index (χ1) is 23.3. The molecule has 3 atom stereocenters. The Kier molecular flexibility index (Phi) is 10.00. The van der Waals surface area contributed by atoms with Gasteiger partial charge in [0.1, 0.15) is 5.65 Å². The molecular formula is C37H48N8O2S. The van der Waals surface area contributed by atoms with Crippen LogP contribution >= 0.6 is 0 Å². The van der Waals surface area contributed by atoms with E-state index in [1.807, 2.05) is 27.2 Å². The number of pyridine rings is 2. The summed E-state index contributed by atoms with van der Waals surface area (Å²) in [5.41, 5.74) is 5.16. The summed E-state index contributed by atoms with van der Waals surface area (Å²) >= 11 is 0. The van der Waals surface area contributed by atoms with E-state index in [2.05, 4.69) is 64.5 Å². The molecule has 254 valence electrons. The molecule has 3 aromatic heterocycles. The second-order valence-electron chi connectivity index (χ2n) is 14.1. The number of benzene rings is 1. The van der Waals surface area contributed by atoms with E-state index in [1.165, 1.54) is 43.4 Å². The van der Waals surface area contributed by atoms with Crippen molar-refractivity contribution in [2.45, 2.75) is 63.5 Å². The number of rotatable bonds is 8. The molecule has 3 saturated heterocycles. The van der Waals surface area contributed by atoms with Gasteiger partial charge in [0.15, 0.2) is 0 Å². The van der Waals surface area contributed by atoms with Crippen LogP contribution in [0.1, 0.15) is 68.2 Å². The highest BCUT2D eigenvalue weighted by atomic mass is 32.2. The number of anilines is 2. The predicted molar refractivity (Wildman–Crippen MR) is 194 cm³/mol. The number of nitrogens with zero attached hydrogens (tertiary/aromatic N) is 7. The van der Waals surface area contributed by atoms with Crippen LogP contribution < -0.4 is 10.9 Å². The molecular weight excluding hydrogens is 621 g/mol. The molecule has 0 saturated carbocycles. The first kappa shape index (κ1) is 33.0. The van der Waals surface area contributed by atoms with Crippen LogP contribution in [-0.4, -0.2) is 90.9 Å². The van der Waals surface area contributed by atoms with Crippen LogP contribution in [0.4, 0.5) is 11.6 Å². The molecule has 0 spiro atoms. The number of hydrogen-bond donors (Lipinski definition) is 1. The largest absolute Gasteiger partial charge is 0.324 e. The molecule has 6 heterocycles. The van der Waals surface area contributed by atoms with Crippen molar-refractivity contribution in [3.8, 4) is 11.3 Å². The van der Waals surface area contributed by atoms with E-state index in [9.17, 15) is 9.00 Å². The van der Waals surface area contributed by atoms with Crippen LogP contribution in [0.2, 0.25) is 0 Å². The summed E-state index contributed by atoms with van der Waals surface area (Å²) < 4.78 is 16.0. The van der Waals surface area contributed by atoms with Crippen LogP contribution in [0.25, 0.3) is 22.3 Å². The first-order valence-corrected chi connectivity index (χ1v) is 19.1. The van der Waals surface area contributed by atoms with Gasteiger partial charge >= 0.3 is 0 Å². The van der Waals surface area contributed by atoms with Crippen molar-refractivity contribution in [3.05, 3.63) is 76.3 Å². The molecule has 11 heteroatoms. The first-order valence-electron chi connectivity index (χ1n) is 17.5. The minimum Gasteiger partial charge on any atom is -0.324 e. The monoisotopic (exact) mass is 668 g/mol. The van der Waals surface area contributed by atoms with Gasteiger partial charge < -0.3 is 10.2 Å². The molecule has 4 aromatic rings. The van der Waals surface area contributed by atoms with Gasteiger partial charge in [-0.2, -0.15) is 4.98 Å². The van der Waals surface area contributed by atoms with Gasteiger partial charge in [0.05, 0.1) is 22.2 Å². The average Bonchev–Trinajstić information content (AvgIpc) is 3.09. The van der Waals surface area contributed by atoms with Crippen LogP contribution in [-0.2, 0) is 17.4 Å². The minimum absolute atomic E-state index is 0.0734. The number of fused-ring (bicyclic) bond motifs is 1. The molecule has 3 aliphatic heterocycles. The van der Waals surface area contributed by atoms with E-state index in [0.29, 0.717) is 60.7 Å². The molecule has 0 aliphatic carbocycles. The van der Waals surface area contributed by atoms with Gasteiger partial charge in [0.25, 0.3) is 5.56 Å². The highest BCUT2D eigenvalue weighted by Gasteiger charge is 2.27. The maximum Gasteiger partial charge on any atom is 0.261 e. The number of nitrogens with one attached hydrogen (secondary N) is 1. The quantitative estimate of drug-likeness (QED) is 0.260. The zero-order chi connectivity index (χ0) is 33.2. The lowest BCUT2D eigenvalue weighted by Crippen LogP contribution is -2.38. The fourth-order valence-corrected chi connectivity index (χ4v) is 8.67. The summed E-state index contributed by atoms with van der Waals surface area (Å²) in [4.78, 5) is 33.7. The van der Waals surface area contributed by atoms with E-state index in [0.717, 1.165) is 37.0 Å². The van der Waals surface area contributed by atoms with Crippen molar-refractivity contribution in [1.29, 1.82) is 0 Å². The van der Waals surface area contributed by atoms with Gasteiger partial charge in [0, 0.05) is 61.4 Å². The van der Waals surface area contributed by atoms with E-state index >= 15 is 0 Å². The fraction of sp³-hybridized carbons (Fsp3) is 0.514. The predicted octanol–water partition coefficient (Wildman–Crippen LogP) is 5.57. The van der Waals surface area contributed by atoms with Crippen molar-refractivity contribution < 1.29 is 4.21 Å². The maximum absolute atomic E-state index is 14.4. The SMILES string of the molecule is CN1CCCC(Cc2ccc(Nc3ncc4cc(-c5ccc(C6CCCCN6C)cn5)c(=O)n(C5CCN(S(C)=O)CC5)c4n3)cc2)C1. The van der Waals surface area contributed by atoms with Crippen molar-refractivity contribution >= 4 is 33.7 Å². The normalized spacial score (nSPS) is 22.6. The van der Waals surface area contributed by atoms with Gasteiger partial charge in [-0.3, -0.25) is 19.2 Å². The fourth-order valence-electron chi connectivity index (χ4n) is 7.94. The number of aromatic nitrogens is 4. The highest BCUT2D eigenvalue weighted by molar-refractivity contribution is 7.81. The van der Waals surface area contributed by atoms with E-state index in [4.69, 9.17) is 9.97 Å². The van der Waals surface area contributed by atoms with Crippen LogP contribution in [0.3, 0.4) is 0 Å². The molecule has 10 nitrogen and oxygen atoms in total. The van der Waals surface area contributed by atoms with Crippen molar-refractivity contribution in [2.24, 2.45) is 5.92 Å². The summed E-state index contributed by atoms with van der Waals surface area (Å²) in [6.07, 6.45) is 14.1. The Morgan fingerprint density at radius 1 is 0.896 bits per heavy atom. The third-order valence-corrected chi connectivity index (χ3v) is 11.7. The van der Waals surface area contributed by atoms with Crippen molar-refractivity contribution in [1.82, 2.24) is 33.6 Å². The minimum atomic E-state index is -1.03. The lowest BCUT2D eigenvalue weighted by Gasteiger charge is -2.32. The zero-order valence-electron chi connectivity index (χ0n) is 28.5. The van der Waals surface area contributed by atoms with E-state index < -0.39 is 11.0 Å². The Hall–Kier alpha value is -3.51. The lowest BCUT2D eigenvalue weighted by molar-refractivity contribution is 0.187. The summed E-state index contributed by atoms with van der Waals surface area (Å²) in [6, 6.07) is 14.8. The van der Waals surface area contributed by atoms with E-state index in [1.54, 1.807) is 12.5 Å². The molecule has 1 aromatic carbocycles. The summed E-state index contributed by atoms with van der Waals surface area (Å²) in [5, 5.41) is 4.18. The van der Waals surface area contributed by atoms with Crippen molar-refractivity contribution in [2.75, 3.05) is 58.4 Å². The number of piperidine rings is 3. The third-order valence-electron chi connectivity index (χ3n) is 10.6. The molecule has 3 aliphatic rings. The average molecular weight is 669 g/mol. The van der Waals surface area contributed by atoms with Gasteiger partial charge in [0.2, 0.25) is 5.95 Å². The summed E-state index contributed by atoms with van der Waals surface area (Å²) in [6.45, 7) is 4.76. The molecule has 3 fully saturated rings. The van der Waals surface area contributed by atoms with Gasteiger partial charge in [-0.1, -0.05) is 24.6 Å². The smallest absolute Gasteiger partial charge is 0.261 e. The molecule has 0 amide bonds. The Balaban J connectivity index is 1.18. The maximum atomic E-state index is 14.4. The molecule has 3 unspecified atom stereocenters. The number of likely N-dealkylation sites (tertiary alicyclic amines) is 2. The molecule has 7 rings (SSSR count). The van der Waals surface area contributed by atoms with Gasteiger partial charge in [-0.15, -0.1) is 0 Å². The molecule has 48 heavy (non-hydrogen) atoms. The zero-order valence-corrected chi connectivity index (χ0v) is 29.3. The Morgan fingerprint density at radius 2 is 1.71 bits per heavy atom. The third kappa shape index (κ3) is 7.24. The molecule has 1 N–H and O–H groups in total. The second kappa shape index (κ2) is 14.5. The van der Waals surface area contributed by atoms with Crippen LogP contribution in [0, 0.1) is 5.92 Å². The van der Waals surface area contributed by atoms with Gasteiger partial charge in [-0.05, 0) is 113 Å². The van der Waals surface area contributed by atoms with Crippen molar-refractivity contribution in [3.63, 3.8) is 0 Å².